The Bertz CT molecular complexity index is 1030. The fourth-order valence-electron chi connectivity index (χ4n) is 3.74. The first-order valence-electron chi connectivity index (χ1n) is 8.90. The van der Waals surface area contributed by atoms with Gasteiger partial charge in [0, 0.05) is 6.92 Å². The second kappa shape index (κ2) is 6.60. The number of imide groups is 1. The van der Waals surface area contributed by atoms with Crippen LogP contribution in [0.2, 0.25) is 0 Å². The third-order valence-corrected chi connectivity index (χ3v) is 5.00. The number of ether oxygens (including phenoxy) is 1. The Balaban J connectivity index is 1.83. The molecule has 142 valence electrons. The van der Waals surface area contributed by atoms with Gasteiger partial charge in [0.25, 0.3) is 5.91 Å². The highest BCUT2D eigenvalue weighted by Gasteiger charge is 2.58. The number of anilines is 2. The molecule has 0 spiro atoms. The van der Waals surface area contributed by atoms with E-state index in [1.165, 1.54) is 19.0 Å². The zero-order valence-electron chi connectivity index (χ0n) is 15.7. The highest BCUT2D eigenvalue weighted by Crippen LogP contribution is 2.40. The van der Waals surface area contributed by atoms with Crippen LogP contribution in [0.5, 0.6) is 5.75 Å². The van der Waals surface area contributed by atoms with Crippen LogP contribution in [-0.4, -0.2) is 36.5 Å². The minimum absolute atomic E-state index is 0.0993. The van der Waals surface area contributed by atoms with Gasteiger partial charge >= 0.3 is 0 Å². The number of hydrogen-bond acceptors (Lipinski definition) is 6. The standard InChI is InChI=1S/C21H19N3O4/c1-12-7-6-8-14(11-12)24-19-17(18(22-24)13(2)25)20(26)23(21(19)27)15-9-4-5-10-16(15)28-3/h4-11,17,19H,1-3H3/t17-,19+/m0/s1. The summed E-state index contributed by atoms with van der Waals surface area (Å²) < 4.78 is 5.32. The number of nitrogens with zero attached hydrogens (tertiary/aromatic N) is 3. The number of Topliss-reactive ketones (excluding diaryl/α,β-unsaturated/α-hetero) is 1. The lowest BCUT2D eigenvalue weighted by atomic mass is 9.95. The summed E-state index contributed by atoms with van der Waals surface area (Å²) in [5.74, 6) is -1.75. The molecule has 0 N–H and O–H groups in total. The molecule has 0 aromatic heterocycles. The Morgan fingerprint density at radius 2 is 1.82 bits per heavy atom. The normalized spacial score (nSPS) is 21.0. The van der Waals surface area contributed by atoms with Crippen LogP contribution in [-0.2, 0) is 14.4 Å². The number of fused-ring (bicyclic) bond motifs is 1. The van der Waals surface area contributed by atoms with Gasteiger partial charge in [-0.3, -0.25) is 19.4 Å². The molecule has 1 saturated heterocycles. The zero-order valence-corrected chi connectivity index (χ0v) is 15.7. The van der Waals surface area contributed by atoms with E-state index in [2.05, 4.69) is 5.10 Å². The number of aryl methyl sites for hydroxylation is 1. The number of rotatable bonds is 4. The molecule has 7 nitrogen and oxygen atoms in total. The molecular weight excluding hydrogens is 358 g/mol. The number of carbonyl (C=O) groups is 3. The predicted molar refractivity (Wildman–Crippen MR) is 105 cm³/mol. The Morgan fingerprint density at radius 1 is 1.07 bits per heavy atom. The quantitative estimate of drug-likeness (QED) is 0.764. The number of benzene rings is 2. The highest BCUT2D eigenvalue weighted by molar-refractivity contribution is 6.49. The average Bonchev–Trinajstić information content (AvgIpc) is 3.19. The number of para-hydroxylation sites is 2. The van der Waals surface area contributed by atoms with Gasteiger partial charge in [0.15, 0.2) is 5.78 Å². The topological polar surface area (TPSA) is 79.3 Å². The number of ketones is 1. The van der Waals surface area contributed by atoms with E-state index in [-0.39, 0.29) is 11.5 Å². The fourth-order valence-corrected chi connectivity index (χ4v) is 3.74. The molecule has 0 unspecified atom stereocenters. The van der Waals surface area contributed by atoms with E-state index in [0.29, 0.717) is 17.1 Å². The maximum absolute atomic E-state index is 13.3. The number of carbonyl (C=O) groups excluding carboxylic acids is 3. The summed E-state index contributed by atoms with van der Waals surface area (Å²) in [7, 11) is 1.48. The van der Waals surface area contributed by atoms with Crippen molar-refractivity contribution in [1.29, 1.82) is 0 Å². The van der Waals surface area contributed by atoms with Gasteiger partial charge in [-0.15, -0.1) is 0 Å². The monoisotopic (exact) mass is 377 g/mol. The third-order valence-electron chi connectivity index (χ3n) is 5.00. The number of hydrogen-bond donors (Lipinski definition) is 0. The van der Waals surface area contributed by atoms with Crippen molar-refractivity contribution in [3.8, 4) is 5.75 Å². The average molecular weight is 377 g/mol. The maximum atomic E-state index is 13.3. The minimum atomic E-state index is -0.935. The van der Waals surface area contributed by atoms with Crippen LogP contribution in [0, 0.1) is 12.8 Å². The van der Waals surface area contributed by atoms with Crippen LogP contribution >= 0.6 is 0 Å². The lowest BCUT2D eigenvalue weighted by Crippen LogP contribution is -2.39. The molecule has 2 atom stereocenters. The third kappa shape index (κ3) is 2.58. The second-order valence-corrected chi connectivity index (χ2v) is 6.83. The summed E-state index contributed by atoms with van der Waals surface area (Å²) in [5.41, 5.74) is 2.11. The molecule has 0 bridgehead atoms. The molecule has 1 fully saturated rings. The van der Waals surface area contributed by atoms with Crippen molar-refractivity contribution in [2.75, 3.05) is 17.0 Å². The lowest BCUT2D eigenvalue weighted by molar-refractivity contribution is -0.122. The van der Waals surface area contributed by atoms with Gasteiger partial charge in [-0.1, -0.05) is 24.3 Å². The van der Waals surface area contributed by atoms with Gasteiger partial charge in [0.2, 0.25) is 5.91 Å². The molecule has 2 aliphatic rings. The zero-order chi connectivity index (χ0) is 20.0. The number of amides is 2. The van der Waals surface area contributed by atoms with Crippen molar-refractivity contribution >= 4 is 34.7 Å². The molecule has 28 heavy (non-hydrogen) atoms. The van der Waals surface area contributed by atoms with Crippen molar-refractivity contribution in [3.63, 3.8) is 0 Å². The minimum Gasteiger partial charge on any atom is -0.495 e. The van der Waals surface area contributed by atoms with Crippen molar-refractivity contribution in [3.05, 3.63) is 54.1 Å². The van der Waals surface area contributed by atoms with E-state index in [0.717, 1.165) is 10.5 Å². The van der Waals surface area contributed by atoms with Crippen molar-refractivity contribution in [1.82, 2.24) is 0 Å². The summed E-state index contributed by atoms with van der Waals surface area (Å²) in [5, 5.41) is 5.85. The molecule has 2 heterocycles. The van der Waals surface area contributed by atoms with Crippen LogP contribution in [0.4, 0.5) is 11.4 Å². The molecular formula is C21H19N3O4. The SMILES string of the molecule is COc1ccccc1N1C(=O)[C@H]2C(C(C)=O)=NN(c3cccc(C)c3)[C@H]2C1=O. The largest absolute Gasteiger partial charge is 0.495 e. The number of hydrazone groups is 1. The summed E-state index contributed by atoms with van der Waals surface area (Å²) in [6.45, 7) is 3.29. The first kappa shape index (κ1) is 17.9. The summed E-state index contributed by atoms with van der Waals surface area (Å²) >= 11 is 0. The van der Waals surface area contributed by atoms with Gasteiger partial charge in [0.05, 0.1) is 18.5 Å². The van der Waals surface area contributed by atoms with Crippen LogP contribution < -0.4 is 14.6 Å². The molecule has 2 aliphatic heterocycles. The first-order valence-corrected chi connectivity index (χ1v) is 8.90. The van der Waals surface area contributed by atoms with E-state index >= 15 is 0 Å². The number of methoxy groups -OCH3 is 1. The molecule has 2 aromatic carbocycles. The fraction of sp³-hybridized carbons (Fsp3) is 0.238. The first-order chi connectivity index (χ1) is 13.4. The Kier molecular flexibility index (Phi) is 4.22. The molecule has 0 aliphatic carbocycles. The van der Waals surface area contributed by atoms with Gasteiger partial charge in [-0.05, 0) is 36.8 Å². The van der Waals surface area contributed by atoms with Crippen LogP contribution in [0.1, 0.15) is 12.5 Å². The Labute approximate surface area is 162 Å². The summed E-state index contributed by atoms with van der Waals surface area (Å²) in [6.07, 6.45) is 0. The summed E-state index contributed by atoms with van der Waals surface area (Å²) in [6, 6.07) is 13.4. The van der Waals surface area contributed by atoms with E-state index in [4.69, 9.17) is 4.74 Å². The van der Waals surface area contributed by atoms with Crippen molar-refractivity contribution in [2.45, 2.75) is 19.9 Å². The Hall–Kier alpha value is -3.48. The van der Waals surface area contributed by atoms with E-state index < -0.39 is 23.8 Å². The smallest absolute Gasteiger partial charge is 0.260 e. The van der Waals surface area contributed by atoms with Crippen molar-refractivity contribution < 1.29 is 19.1 Å². The summed E-state index contributed by atoms with van der Waals surface area (Å²) in [4.78, 5) is 39.8. The molecule has 2 amide bonds. The lowest BCUT2D eigenvalue weighted by Gasteiger charge is -2.23. The molecule has 2 aromatic rings. The van der Waals surface area contributed by atoms with E-state index in [1.807, 2.05) is 25.1 Å². The second-order valence-electron chi connectivity index (χ2n) is 6.83. The maximum Gasteiger partial charge on any atom is 0.260 e. The predicted octanol–water partition coefficient (Wildman–Crippen LogP) is 2.33. The molecule has 0 saturated carbocycles. The molecule has 0 radical (unpaired) electrons. The van der Waals surface area contributed by atoms with Crippen LogP contribution in [0.15, 0.2) is 53.6 Å². The highest BCUT2D eigenvalue weighted by atomic mass is 16.5. The van der Waals surface area contributed by atoms with Gasteiger partial charge in [0.1, 0.15) is 23.4 Å². The van der Waals surface area contributed by atoms with Crippen LogP contribution in [0.3, 0.4) is 0 Å². The van der Waals surface area contributed by atoms with Gasteiger partial charge < -0.3 is 4.74 Å². The van der Waals surface area contributed by atoms with Gasteiger partial charge in [-0.2, -0.15) is 5.10 Å². The van der Waals surface area contributed by atoms with Gasteiger partial charge in [-0.25, -0.2) is 4.90 Å². The Morgan fingerprint density at radius 3 is 2.50 bits per heavy atom. The van der Waals surface area contributed by atoms with E-state index in [9.17, 15) is 14.4 Å². The van der Waals surface area contributed by atoms with E-state index in [1.54, 1.807) is 30.3 Å². The molecule has 4 rings (SSSR count). The van der Waals surface area contributed by atoms with Crippen molar-refractivity contribution in [2.24, 2.45) is 11.0 Å². The van der Waals surface area contributed by atoms with Crippen LogP contribution in [0.25, 0.3) is 0 Å². The molecule has 7 heteroatoms.